The molecule has 1 amide bonds. The Balaban J connectivity index is 0.00000338. The zero-order chi connectivity index (χ0) is 18.1. The number of carbonyl (C=O) groups excluding carboxylic acids is 1. The zero-order valence-electron chi connectivity index (χ0n) is 15.5. The van der Waals surface area contributed by atoms with Crippen molar-refractivity contribution in [1.82, 2.24) is 10.2 Å². The van der Waals surface area contributed by atoms with Crippen LogP contribution in [0.2, 0.25) is 0 Å². The third kappa shape index (κ3) is 9.38. The number of nitrogens with two attached hydrogens (primary N) is 1. The highest BCUT2D eigenvalue weighted by molar-refractivity contribution is 5.85. The van der Waals surface area contributed by atoms with Gasteiger partial charge in [0.25, 0.3) is 0 Å². The molecule has 2 rings (SSSR count). The highest BCUT2D eigenvalue weighted by Gasteiger charge is 2.06. The molecule has 0 heterocycles. The fourth-order valence-electron chi connectivity index (χ4n) is 2.14. The lowest BCUT2D eigenvalue weighted by Gasteiger charge is -2.11. The van der Waals surface area contributed by atoms with Gasteiger partial charge in [0.2, 0.25) is 0 Å². The lowest BCUT2D eigenvalue weighted by Crippen LogP contribution is -2.25. The Morgan fingerprint density at radius 3 is 2.41 bits per heavy atom. The van der Waals surface area contributed by atoms with Crippen LogP contribution in [0.1, 0.15) is 12.0 Å². The van der Waals surface area contributed by atoms with Gasteiger partial charge < -0.3 is 20.1 Å². The Labute approximate surface area is 172 Å². The van der Waals surface area contributed by atoms with Gasteiger partial charge in [0, 0.05) is 25.8 Å². The smallest absolute Gasteiger partial charge is 0.414 e. The maximum Gasteiger partial charge on any atom is 0.414 e. The van der Waals surface area contributed by atoms with E-state index in [9.17, 15) is 4.79 Å². The third-order valence-electron chi connectivity index (χ3n) is 3.51. The van der Waals surface area contributed by atoms with Crippen LogP contribution in [0.25, 0.3) is 0 Å². The van der Waals surface area contributed by atoms with Crippen molar-refractivity contribution in [2.75, 3.05) is 33.1 Å². The highest BCUT2D eigenvalue weighted by atomic mass is 35.5. The fourth-order valence-corrected chi connectivity index (χ4v) is 2.14. The molecule has 6 nitrogen and oxygen atoms in total. The Morgan fingerprint density at radius 1 is 1.07 bits per heavy atom. The molecule has 0 bridgehead atoms. The molecule has 0 radical (unpaired) electrons. The minimum absolute atomic E-state index is 0. The Bertz CT molecular complexity index is 682. The van der Waals surface area contributed by atoms with Crippen molar-refractivity contribution in [2.24, 2.45) is 0 Å². The number of nitrogen functional groups attached to an aromatic ring is 1. The van der Waals surface area contributed by atoms with Gasteiger partial charge in [0.05, 0.1) is 0 Å². The molecule has 0 saturated heterocycles. The standard InChI is InChI=1S/C19H25N3O3.2ClH/c1-22(2)19(23)25-17-10-8-15(9-11-17)5-4-12-21-14-24-18-7-3-6-16(20)13-18;;/h3,6-11,13,21H,4-5,12,14,20H2,1-2H3;2*1H. The van der Waals surface area contributed by atoms with E-state index in [0.717, 1.165) is 25.1 Å². The van der Waals surface area contributed by atoms with E-state index in [4.69, 9.17) is 15.2 Å². The number of anilines is 1. The largest absolute Gasteiger partial charge is 0.478 e. The van der Waals surface area contributed by atoms with Crippen LogP contribution in [0.3, 0.4) is 0 Å². The van der Waals surface area contributed by atoms with Crippen LogP contribution in [0.15, 0.2) is 48.5 Å². The molecule has 27 heavy (non-hydrogen) atoms. The van der Waals surface area contributed by atoms with Crippen molar-refractivity contribution in [1.29, 1.82) is 0 Å². The summed E-state index contributed by atoms with van der Waals surface area (Å²) in [6.45, 7) is 1.29. The maximum absolute atomic E-state index is 11.5. The first kappa shape index (κ1) is 24.8. The Morgan fingerprint density at radius 2 is 1.78 bits per heavy atom. The first-order valence-electron chi connectivity index (χ1n) is 8.22. The van der Waals surface area contributed by atoms with Gasteiger partial charge in [-0.15, -0.1) is 24.8 Å². The molecular formula is C19H27Cl2N3O3. The van der Waals surface area contributed by atoms with Crippen molar-refractivity contribution in [3.8, 4) is 11.5 Å². The van der Waals surface area contributed by atoms with Gasteiger partial charge in [0.15, 0.2) is 0 Å². The molecular weight excluding hydrogens is 389 g/mol. The minimum atomic E-state index is -0.378. The molecule has 0 atom stereocenters. The number of hydrogen-bond acceptors (Lipinski definition) is 5. The number of ether oxygens (including phenoxy) is 2. The SMILES string of the molecule is CN(C)C(=O)Oc1ccc(CCCNCOc2cccc(N)c2)cc1.Cl.Cl. The average molecular weight is 416 g/mol. The molecule has 0 unspecified atom stereocenters. The van der Waals surface area contributed by atoms with Crippen LogP contribution in [0.4, 0.5) is 10.5 Å². The van der Waals surface area contributed by atoms with Gasteiger partial charge in [-0.2, -0.15) is 0 Å². The number of rotatable bonds is 8. The monoisotopic (exact) mass is 415 g/mol. The van der Waals surface area contributed by atoms with Gasteiger partial charge in [0.1, 0.15) is 18.2 Å². The summed E-state index contributed by atoms with van der Waals surface area (Å²) >= 11 is 0. The summed E-state index contributed by atoms with van der Waals surface area (Å²) in [5.41, 5.74) is 7.59. The molecule has 0 aliphatic rings. The van der Waals surface area contributed by atoms with Crippen molar-refractivity contribution < 1.29 is 14.3 Å². The molecule has 0 fully saturated rings. The summed E-state index contributed by atoms with van der Waals surface area (Å²) in [6.07, 6.45) is 1.54. The van der Waals surface area contributed by atoms with Gasteiger partial charge in [-0.05, 0) is 49.2 Å². The summed E-state index contributed by atoms with van der Waals surface area (Å²) in [6, 6.07) is 14.9. The van der Waals surface area contributed by atoms with Gasteiger partial charge in [-0.3, -0.25) is 5.32 Å². The van der Waals surface area contributed by atoms with E-state index in [1.807, 2.05) is 42.5 Å². The fraction of sp³-hybridized carbons (Fsp3) is 0.316. The molecule has 8 heteroatoms. The molecule has 0 aromatic heterocycles. The third-order valence-corrected chi connectivity index (χ3v) is 3.51. The predicted octanol–water partition coefficient (Wildman–Crippen LogP) is 3.73. The lowest BCUT2D eigenvalue weighted by atomic mass is 10.1. The molecule has 2 aromatic rings. The molecule has 0 aliphatic heterocycles. The second kappa shape index (κ2) is 13.1. The summed E-state index contributed by atoms with van der Waals surface area (Å²) in [7, 11) is 3.31. The normalized spacial score (nSPS) is 9.56. The highest BCUT2D eigenvalue weighted by Crippen LogP contribution is 2.15. The van der Waals surface area contributed by atoms with Crippen molar-refractivity contribution in [3.05, 3.63) is 54.1 Å². The molecule has 2 aromatic carbocycles. The second-order valence-corrected chi connectivity index (χ2v) is 5.87. The number of amides is 1. The predicted molar refractivity (Wildman–Crippen MR) is 113 cm³/mol. The van der Waals surface area contributed by atoms with Crippen LogP contribution in [-0.4, -0.2) is 38.4 Å². The van der Waals surface area contributed by atoms with E-state index in [1.54, 1.807) is 20.2 Å². The summed E-state index contributed by atoms with van der Waals surface area (Å²) in [5, 5.41) is 3.24. The van der Waals surface area contributed by atoms with Crippen LogP contribution in [-0.2, 0) is 6.42 Å². The Kier molecular flexibility index (Phi) is 12.0. The van der Waals surface area contributed by atoms with Crippen molar-refractivity contribution in [2.45, 2.75) is 12.8 Å². The van der Waals surface area contributed by atoms with Gasteiger partial charge in [-0.1, -0.05) is 18.2 Å². The minimum Gasteiger partial charge on any atom is -0.478 e. The number of nitrogens with zero attached hydrogens (tertiary/aromatic N) is 1. The van der Waals surface area contributed by atoms with E-state index >= 15 is 0 Å². The average Bonchev–Trinajstić information content (AvgIpc) is 2.59. The molecule has 3 N–H and O–H groups in total. The van der Waals surface area contributed by atoms with E-state index in [0.29, 0.717) is 18.2 Å². The van der Waals surface area contributed by atoms with E-state index in [2.05, 4.69) is 5.32 Å². The molecule has 0 saturated carbocycles. The summed E-state index contributed by atoms with van der Waals surface area (Å²) in [4.78, 5) is 12.9. The first-order chi connectivity index (χ1) is 12.0. The van der Waals surface area contributed by atoms with Crippen LogP contribution >= 0.6 is 24.8 Å². The number of hydrogen-bond donors (Lipinski definition) is 2. The lowest BCUT2D eigenvalue weighted by molar-refractivity contribution is 0.172. The number of aryl methyl sites for hydroxylation is 1. The quantitative estimate of drug-likeness (QED) is 0.390. The number of halogens is 2. The molecule has 0 spiro atoms. The summed E-state index contributed by atoms with van der Waals surface area (Å²) < 4.78 is 10.8. The van der Waals surface area contributed by atoms with E-state index in [1.165, 1.54) is 10.5 Å². The van der Waals surface area contributed by atoms with E-state index in [-0.39, 0.29) is 30.9 Å². The van der Waals surface area contributed by atoms with Gasteiger partial charge >= 0.3 is 6.09 Å². The van der Waals surface area contributed by atoms with Crippen molar-refractivity contribution >= 4 is 36.6 Å². The Hall–Kier alpha value is -2.15. The first-order valence-corrected chi connectivity index (χ1v) is 8.22. The number of carbonyl (C=O) groups is 1. The van der Waals surface area contributed by atoms with Crippen LogP contribution in [0.5, 0.6) is 11.5 Å². The van der Waals surface area contributed by atoms with Crippen molar-refractivity contribution in [3.63, 3.8) is 0 Å². The molecule has 0 aliphatic carbocycles. The number of benzene rings is 2. The maximum atomic E-state index is 11.5. The second-order valence-electron chi connectivity index (χ2n) is 5.87. The zero-order valence-corrected chi connectivity index (χ0v) is 17.1. The van der Waals surface area contributed by atoms with Gasteiger partial charge in [-0.25, -0.2) is 4.79 Å². The topological polar surface area (TPSA) is 76.8 Å². The number of nitrogens with one attached hydrogen (secondary N) is 1. The molecule has 150 valence electrons. The van der Waals surface area contributed by atoms with Crippen LogP contribution in [0, 0.1) is 0 Å². The summed E-state index contributed by atoms with van der Waals surface area (Å²) in [5.74, 6) is 1.31. The van der Waals surface area contributed by atoms with Crippen LogP contribution < -0.4 is 20.5 Å². The van der Waals surface area contributed by atoms with E-state index < -0.39 is 0 Å².